The highest BCUT2D eigenvalue weighted by molar-refractivity contribution is 5.77. The summed E-state index contributed by atoms with van der Waals surface area (Å²) >= 11 is 0. The zero-order chi connectivity index (χ0) is 8.39. The summed E-state index contributed by atoms with van der Waals surface area (Å²) in [6, 6.07) is 5.92. The molecule has 0 fully saturated rings. The summed E-state index contributed by atoms with van der Waals surface area (Å²) in [5.41, 5.74) is 8.46. The number of rotatable bonds is 2. The summed E-state index contributed by atoms with van der Waals surface area (Å²) in [6.07, 6.45) is 0.851. The number of hydrogen-bond acceptors (Lipinski definition) is 3. The number of nitrogens with one attached hydrogen (secondary N) is 1. The first-order valence-electron chi connectivity index (χ1n) is 3.90. The molecule has 62 valence electrons. The Balaban J connectivity index is 2.57. The van der Waals surface area contributed by atoms with Crippen LogP contribution in [0.1, 0.15) is 5.56 Å². The lowest BCUT2D eigenvalue weighted by atomic mass is 10.1. The van der Waals surface area contributed by atoms with Crippen LogP contribution >= 0.6 is 0 Å². The Labute approximate surface area is 69.8 Å². The quantitative estimate of drug-likeness (QED) is 0.674. The molecule has 0 radical (unpaired) electrons. The van der Waals surface area contributed by atoms with Gasteiger partial charge >= 0.3 is 0 Å². The maximum atomic E-state index is 5.46. The first kappa shape index (κ1) is 7.24. The lowest BCUT2D eigenvalue weighted by molar-refractivity contribution is 0.945. The van der Waals surface area contributed by atoms with Crippen LogP contribution in [-0.4, -0.2) is 22.0 Å². The Hall–Kier alpha value is -1.42. The van der Waals surface area contributed by atoms with Crippen LogP contribution in [0.5, 0.6) is 0 Å². The summed E-state index contributed by atoms with van der Waals surface area (Å²) < 4.78 is 0. The highest BCUT2D eigenvalue weighted by Crippen LogP contribution is 2.12. The molecule has 1 aromatic carbocycles. The molecule has 1 aromatic heterocycles. The smallest absolute Gasteiger partial charge is 0.116 e. The van der Waals surface area contributed by atoms with Gasteiger partial charge in [-0.05, 0) is 24.6 Å². The minimum absolute atomic E-state index is 0.645. The van der Waals surface area contributed by atoms with Crippen molar-refractivity contribution in [2.24, 2.45) is 5.73 Å². The van der Waals surface area contributed by atoms with Gasteiger partial charge in [0, 0.05) is 0 Å². The fourth-order valence-corrected chi connectivity index (χ4v) is 1.28. The van der Waals surface area contributed by atoms with Crippen molar-refractivity contribution in [2.75, 3.05) is 6.54 Å². The maximum absolute atomic E-state index is 5.46. The van der Waals surface area contributed by atoms with Crippen molar-refractivity contribution in [1.29, 1.82) is 0 Å². The maximum Gasteiger partial charge on any atom is 0.116 e. The van der Waals surface area contributed by atoms with Crippen LogP contribution in [0.3, 0.4) is 0 Å². The minimum Gasteiger partial charge on any atom is -0.330 e. The van der Waals surface area contributed by atoms with Gasteiger partial charge in [-0.3, -0.25) is 0 Å². The van der Waals surface area contributed by atoms with Gasteiger partial charge in [0.15, 0.2) is 0 Å². The number of aromatic amines is 1. The van der Waals surface area contributed by atoms with E-state index in [1.54, 1.807) is 0 Å². The van der Waals surface area contributed by atoms with E-state index in [4.69, 9.17) is 5.73 Å². The molecule has 0 aliphatic heterocycles. The SMILES string of the molecule is NCCc1cccc2n[nH]nc12. The van der Waals surface area contributed by atoms with E-state index in [-0.39, 0.29) is 0 Å². The molecule has 12 heavy (non-hydrogen) atoms. The molecule has 0 bridgehead atoms. The number of nitrogens with zero attached hydrogens (tertiary/aromatic N) is 2. The van der Waals surface area contributed by atoms with E-state index >= 15 is 0 Å². The number of nitrogens with two attached hydrogens (primary N) is 1. The second-order valence-electron chi connectivity index (χ2n) is 2.65. The molecule has 4 heteroatoms. The number of H-pyrrole nitrogens is 1. The molecule has 0 aliphatic carbocycles. The Morgan fingerprint density at radius 2 is 2.25 bits per heavy atom. The first-order chi connectivity index (χ1) is 5.92. The first-order valence-corrected chi connectivity index (χ1v) is 3.90. The normalized spacial score (nSPS) is 10.8. The predicted octanol–water partition coefficient (Wildman–Crippen LogP) is 0.459. The largest absolute Gasteiger partial charge is 0.330 e. The number of benzene rings is 1. The van der Waals surface area contributed by atoms with Gasteiger partial charge in [0.05, 0.1) is 0 Å². The van der Waals surface area contributed by atoms with Crippen molar-refractivity contribution in [3.8, 4) is 0 Å². The van der Waals surface area contributed by atoms with Gasteiger partial charge in [0.25, 0.3) is 0 Å². The van der Waals surface area contributed by atoms with Crippen molar-refractivity contribution in [1.82, 2.24) is 15.4 Å². The second-order valence-corrected chi connectivity index (χ2v) is 2.65. The summed E-state index contributed by atoms with van der Waals surface area (Å²) in [5.74, 6) is 0. The molecule has 0 saturated heterocycles. The molecule has 3 N–H and O–H groups in total. The van der Waals surface area contributed by atoms with Gasteiger partial charge in [-0.15, -0.1) is 0 Å². The van der Waals surface area contributed by atoms with E-state index in [0.29, 0.717) is 6.54 Å². The van der Waals surface area contributed by atoms with Crippen LogP contribution in [0.15, 0.2) is 18.2 Å². The molecule has 1 heterocycles. The molecule has 0 atom stereocenters. The highest BCUT2D eigenvalue weighted by Gasteiger charge is 2.02. The third-order valence-electron chi connectivity index (χ3n) is 1.84. The zero-order valence-corrected chi connectivity index (χ0v) is 6.62. The van der Waals surface area contributed by atoms with Crippen LogP contribution in [-0.2, 0) is 6.42 Å². The summed E-state index contributed by atoms with van der Waals surface area (Å²) in [5, 5.41) is 10.6. The van der Waals surface area contributed by atoms with E-state index in [2.05, 4.69) is 15.4 Å². The second kappa shape index (κ2) is 2.91. The molecule has 2 rings (SSSR count). The van der Waals surface area contributed by atoms with Gasteiger partial charge < -0.3 is 5.73 Å². The van der Waals surface area contributed by atoms with Gasteiger partial charge in [-0.25, -0.2) is 0 Å². The van der Waals surface area contributed by atoms with Gasteiger partial charge in [-0.2, -0.15) is 15.4 Å². The Kier molecular flexibility index (Phi) is 1.75. The highest BCUT2D eigenvalue weighted by atomic mass is 15.3. The van der Waals surface area contributed by atoms with Crippen molar-refractivity contribution >= 4 is 11.0 Å². The third kappa shape index (κ3) is 1.06. The number of hydrogen-bond donors (Lipinski definition) is 2. The van der Waals surface area contributed by atoms with Crippen molar-refractivity contribution in [3.63, 3.8) is 0 Å². The summed E-state index contributed by atoms with van der Waals surface area (Å²) in [6.45, 7) is 0.645. The van der Waals surface area contributed by atoms with Crippen LogP contribution in [0, 0.1) is 0 Å². The standard InChI is InChI=1S/C8H10N4/c9-5-4-6-2-1-3-7-8(6)11-12-10-7/h1-3H,4-5,9H2,(H,10,11,12). The lowest BCUT2D eigenvalue weighted by Gasteiger charge is -1.96. The third-order valence-corrected chi connectivity index (χ3v) is 1.84. The molecule has 0 unspecified atom stereocenters. The van der Waals surface area contributed by atoms with E-state index in [0.717, 1.165) is 23.0 Å². The van der Waals surface area contributed by atoms with E-state index in [1.807, 2.05) is 18.2 Å². The lowest BCUT2D eigenvalue weighted by Crippen LogP contribution is -2.02. The van der Waals surface area contributed by atoms with Gasteiger partial charge in [-0.1, -0.05) is 12.1 Å². The molecule has 0 saturated carbocycles. The number of fused-ring (bicyclic) bond motifs is 1. The minimum atomic E-state index is 0.645. The van der Waals surface area contributed by atoms with Crippen molar-refractivity contribution in [2.45, 2.75) is 6.42 Å². The number of aromatic nitrogens is 3. The molecule has 0 amide bonds. The van der Waals surface area contributed by atoms with Gasteiger partial charge in [0.1, 0.15) is 11.0 Å². The van der Waals surface area contributed by atoms with E-state index in [1.165, 1.54) is 0 Å². The van der Waals surface area contributed by atoms with Crippen molar-refractivity contribution < 1.29 is 0 Å². The fourth-order valence-electron chi connectivity index (χ4n) is 1.28. The monoisotopic (exact) mass is 162 g/mol. The molecule has 0 spiro atoms. The van der Waals surface area contributed by atoms with Crippen LogP contribution in [0.4, 0.5) is 0 Å². The molecular formula is C8H10N4. The number of para-hydroxylation sites is 1. The van der Waals surface area contributed by atoms with Crippen LogP contribution < -0.4 is 5.73 Å². The fraction of sp³-hybridized carbons (Fsp3) is 0.250. The van der Waals surface area contributed by atoms with Crippen LogP contribution in [0.25, 0.3) is 11.0 Å². The average molecular weight is 162 g/mol. The zero-order valence-electron chi connectivity index (χ0n) is 6.62. The van der Waals surface area contributed by atoms with E-state index < -0.39 is 0 Å². The topological polar surface area (TPSA) is 67.6 Å². The summed E-state index contributed by atoms with van der Waals surface area (Å²) in [7, 11) is 0. The molecule has 4 nitrogen and oxygen atoms in total. The summed E-state index contributed by atoms with van der Waals surface area (Å²) in [4.78, 5) is 0. The Morgan fingerprint density at radius 1 is 1.33 bits per heavy atom. The van der Waals surface area contributed by atoms with E-state index in [9.17, 15) is 0 Å². The van der Waals surface area contributed by atoms with Crippen molar-refractivity contribution in [3.05, 3.63) is 23.8 Å². The Morgan fingerprint density at radius 3 is 3.08 bits per heavy atom. The van der Waals surface area contributed by atoms with Gasteiger partial charge in [0.2, 0.25) is 0 Å². The molecule has 0 aliphatic rings. The molecular weight excluding hydrogens is 152 g/mol. The predicted molar refractivity (Wildman–Crippen MR) is 46.6 cm³/mol. The van der Waals surface area contributed by atoms with Crippen LogP contribution in [0.2, 0.25) is 0 Å². The Bertz CT molecular complexity index is 379. The molecule has 2 aromatic rings. The average Bonchev–Trinajstić information content (AvgIpc) is 2.53.